The van der Waals surface area contributed by atoms with Crippen molar-refractivity contribution in [3.05, 3.63) is 59.1 Å². The minimum absolute atomic E-state index is 0.115. The molecule has 2 aromatic carbocycles. The molecule has 4 nitrogen and oxygen atoms in total. The van der Waals surface area contributed by atoms with E-state index in [1.54, 1.807) is 12.1 Å². The maximum Gasteiger partial charge on any atom is 0.238 e. The van der Waals surface area contributed by atoms with E-state index in [0.717, 1.165) is 11.3 Å². The van der Waals surface area contributed by atoms with Crippen LogP contribution < -0.4 is 10.6 Å². The molecule has 1 aliphatic rings. The lowest BCUT2D eigenvalue weighted by molar-refractivity contribution is -0.124. The SMILES string of the molecule is O=C(C[C@H]1Sc2ccc(Cl)cc2NC1=O)NCCc1ccccc1. The molecule has 3 rings (SSSR count). The second-order valence-corrected chi connectivity index (χ2v) is 7.21. The van der Waals surface area contributed by atoms with Crippen LogP contribution in [0.4, 0.5) is 5.69 Å². The van der Waals surface area contributed by atoms with Crippen molar-refractivity contribution in [2.24, 2.45) is 0 Å². The van der Waals surface area contributed by atoms with Crippen LogP contribution in [0.1, 0.15) is 12.0 Å². The van der Waals surface area contributed by atoms with Gasteiger partial charge in [0.1, 0.15) is 0 Å². The monoisotopic (exact) mass is 360 g/mol. The molecule has 124 valence electrons. The number of carbonyl (C=O) groups excluding carboxylic acids is 2. The Hall–Kier alpha value is -1.98. The smallest absolute Gasteiger partial charge is 0.238 e. The highest BCUT2D eigenvalue weighted by molar-refractivity contribution is 8.01. The Morgan fingerprint density at radius 1 is 1.21 bits per heavy atom. The van der Waals surface area contributed by atoms with Gasteiger partial charge in [-0.3, -0.25) is 9.59 Å². The number of hydrogen-bond donors (Lipinski definition) is 2. The average Bonchev–Trinajstić information content (AvgIpc) is 2.57. The first-order chi connectivity index (χ1) is 11.6. The zero-order valence-electron chi connectivity index (χ0n) is 12.9. The van der Waals surface area contributed by atoms with Crippen LogP contribution in [0.25, 0.3) is 0 Å². The minimum atomic E-state index is -0.421. The summed E-state index contributed by atoms with van der Waals surface area (Å²) in [5.74, 6) is -0.274. The number of halogens is 1. The first-order valence-electron chi connectivity index (χ1n) is 7.69. The predicted molar refractivity (Wildman–Crippen MR) is 97.5 cm³/mol. The highest BCUT2D eigenvalue weighted by Gasteiger charge is 2.28. The third-order valence-corrected chi connectivity index (χ3v) is 5.22. The van der Waals surface area contributed by atoms with Crippen LogP contribution >= 0.6 is 23.4 Å². The van der Waals surface area contributed by atoms with Crippen LogP contribution in [0.15, 0.2) is 53.4 Å². The Bertz CT molecular complexity index is 752. The molecule has 1 atom stereocenters. The lowest BCUT2D eigenvalue weighted by atomic mass is 10.1. The number of anilines is 1. The Kier molecular flexibility index (Phi) is 5.43. The van der Waals surface area contributed by atoms with Crippen LogP contribution in [0.3, 0.4) is 0 Å². The lowest BCUT2D eigenvalue weighted by Gasteiger charge is -2.23. The van der Waals surface area contributed by atoms with Gasteiger partial charge in [0.2, 0.25) is 11.8 Å². The van der Waals surface area contributed by atoms with Crippen molar-refractivity contribution < 1.29 is 9.59 Å². The third kappa shape index (κ3) is 4.30. The van der Waals surface area contributed by atoms with Crippen molar-refractivity contribution in [2.45, 2.75) is 23.0 Å². The van der Waals surface area contributed by atoms with Crippen LogP contribution in [0.5, 0.6) is 0 Å². The second-order valence-electron chi connectivity index (χ2n) is 5.53. The topological polar surface area (TPSA) is 58.2 Å². The van der Waals surface area contributed by atoms with Gasteiger partial charge >= 0.3 is 0 Å². The molecule has 0 bridgehead atoms. The summed E-state index contributed by atoms with van der Waals surface area (Å²) in [6, 6.07) is 15.3. The Morgan fingerprint density at radius 3 is 2.79 bits per heavy atom. The lowest BCUT2D eigenvalue weighted by Crippen LogP contribution is -2.35. The van der Waals surface area contributed by atoms with Gasteiger partial charge in [-0.25, -0.2) is 0 Å². The first-order valence-corrected chi connectivity index (χ1v) is 8.95. The van der Waals surface area contributed by atoms with Gasteiger partial charge in [-0.15, -0.1) is 11.8 Å². The van der Waals surface area contributed by atoms with E-state index < -0.39 is 5.25 Å². The summed E-state index contributed by atoms with van der Waals surface area (Å²) in [5, 5.41) is 5.85. The highest BCUT2D eigenvalue weighted by atomic mass is 35.5. The quantitative estimate of drug-likeness (QED) is 0.858. The molecule has 2 amide bonds. The normalized spacial score (nSPS) is 16.2. The summed E-state index contributed by atoms with van der Waals surface area (Å²) in [4.78, 5) is 25.2. The molecule has 2 N–H and O–H groups in total. The fraction of sp³-hybridized carbons (Fsp3) is 0.222. The molecule has 1 aliphatic heterocycles. The molecular weight excluding hydrogens is 344 g/mol. The van der Waals surface area contributed by atoms with Crippen LogP contribution in [-0.4, -0.2) is 23.6 Å². The van der Waals surface area contributed by atoms with E-state index in [1.807, 2.05) is 36.4 Å². The standard InChI is InChI=1S/C18H17ClN2O2S/c19-13-6-7-15-14(10-13)21-18(23)16(24-15)11-17(22)20-9-8-12-4-2-1-3-5-12/h1-7,10,16H,8-9,11H2,(H,20,22)(H,21,23)/t16-/m1/s1. The van der Waals surface area contributed by atoms with Crippen LogP contribution in [-0.2, 0) is 16.0 Å². The number of benzene rings is 2. The van der Waals surface area contributed by atoms with E-state index in [-0.39, 0.29) is 18.2 Å². The Balaban J connectivity index is 1.51. The summed E-state index contributed by atoms with van der Waals surface area (Å²) < 4.78 is 0. The number of nitrogens with one attached hydrogen (secondary N) is 2. The molecule has 0 aliphatic carbocycles. The molecule has 24 heavy (non-hydrogen) atoms. The molecular formula is C18H17ClN2O2S. The fourth-order valence-corrected chi connectivity index (χ4v) is 3.75. The maximum atomic E-state index is 12.1. The van der Waals surface area contributed by atoms with Crippen molar-refractivity contribution in [3.8, 4) is 0 Å². The van der Waals surface area contributed by atoms with E-state index in [2.05, 4.69) is 10.6 Å². The maximum absolute atomic E-state index is 12.1. The molecule has 2 aromatic rings. The Labute approximate surface area is 150 Å². The molecule has 0 saturated heterocycles. The van der Waals surface area contributed by atoms with E-state index in [9.17, 15) is 9.59 Å². The van der Waals surface area contributed by atoms with Crippen molar-refractivity contribution >= 4 is 40.9 Å². The molecule has 0 saturated carbocycles. The number of rotatable bonds is 5. The van der Waals surface area contributed by atoms with Gasteiger partial charge in [0.05, 0.1) is 10.9 Å². The summed E-state index contributed by atoms with van der Waals surface area (Å²) in [5.41, 5.74) is 1.88. The second kappa shape index (κ2) is 7.73. The molecule has 0 aromatic heterocycles. The van der Waals surface area contributed by atoms with Crippen molar-refractivity contribution in [2.75, 3.05) is 11.9 Å². The number of amides is 2. The molecule has 0 unspecified atom stereocenters. The fourth-order valence-electron chi connectivity index (χ4n) is 2.49. The van der Waals surface area contributed by atoms with Gasteiger partial charge in [-0.05, 0) is 30.2 Å². The zero-order chi connectivity index (χ0) is 16.9. The summed E-state index contributed by atoms with van der Waals surface area (Å²) >= 11 is 7.33. The predicted octanol–water partition coefficient (Wildman–Crippen LogP) is 3.50. The van der Waals surface area contributed by atoms with Gasteiger partial charge in [0.15, 0.2) is 0 Å². The van der Waals surface area contributed by atoms with E-state index in [4.69, 9.17) is 11.6 Å². The summed E-state index contributed by atoms with van der Waals surface area (Å²) in [6.45, 7) is 0.564. The number of hydrogen-bond acceptors (Lipinski definition) is 3. The highest BCUT2D eigenvalue weighted by Crippen LogP contribution is 2.38. The number of carbonyl (C=O) groups is 2. The van der Waals surface area contributed by atoms with E-state index in [1.165, 1.54) is 17.3 Å². The van der Waals surface area contributed by atoms with Crippen molar-refractivity contribution in [3.63, 3.8) is 0 Å². The van der Waals surface area contributed by atoms with Crippen LogP contribution in [0, 0.1) is 0 Å². The average molecular weight is 361 g/mol. The Morgan fingerprint density at radius 2 is 2.00 bits per heavy atom. The first kappa shape index (κ1) is 16.9. The molecule has 0 fully saturated rings. The number of fused-ring (bicyclic) bond motifs is 1. The van der Waals surface area contributed by atoms with Gasteiger partial charge in [-0.1, -0.05) is 41.9 Å². The van der Waals surface area contributed by atoms with Gasteiger partial charge in [0, 0.05) is 22.9 Å². The third-order valence-electron chi connectivity index (χ3n) is 3.71. The van der Waals surface area contributed by atoms with Gasteiger partial charge < -0.3 is 10.6 Å². The summed E-state index contributed by atoms with van der Waals surface area (Å²) in [7, 11) is 0. The minimum Gasteiger partial charge on any atom is -0.356 e. The zero-order valence-corrected chi connectivity index (χ0v) is 14.5. The van der Waals surface area contributed by atoms with Crippen LogP contribution in [0.2, 0.25) is 5.02 Å². The van der Waals surface area contributed by atoms with Gasteiger partial charge in [0.25, 0.3) is 0 Å². The molecule has 1 heterocycles. The van der Waals surface area contributed by atoms with E-state index >= 15 is 0 Å². The number of thioether (sulfide) groups is 1. The van der Waals surface area contributed by atoms with E-state index in [0.29, 0.717) is 17.3 Å². The van der Waals surface area contributed by atoms with Crippen molar-refractivity contribution in [1.82, 2.24) is 5.32 Å². The van der Waals surface area contributed by atoms with Gasteiger partial charge in [-0.2, -0.15) is 0 Å². The molecule has 0 radical (unpaired) electrons. The summed E-state index contributed by atoms with van der Waals surface area (Å²) in [6.07, 6.45) is 0.936. The largest absolute Gasteiger partial charge is 0.356 e. The molecule has 0 spiro atoms. The molecule has 6 heteroatoms. The van der Waals surface area contributed by atoms with Crippen molar-refractivity contribution in [1.29, 1.82) is 0 Å².